The molecule has 0 aliphatic heterocycles. The van der Waals surface area contributed by atoms with Crippen LogP contribution in [0.15, 0.2) is 60.8 Å². The average molecular weight is 441 g/mol. The van der Waals surface area contributed by atoms with Gasteiger partial charge >= 0.3 is 5.97 Å². The number of esters is 1. The lowest BCUT2D eigenvalue weighted by Crippen LogP contribution is -2.11. The largest absolute Gasteiger partial charge is 0.489 e. The normalized spacial score (nSPS) is 11.7. The van der Waals surface area contributed by atoms with Crippen LogP contribution in [0.25, 0.3) is 11.1 Å². The summed E-state index contributed by atoms with van der Waals surface area (Å²) in [5, 5.41) is 0.632. The first-order valence-corrected chi connectivity index (χ1v) is 10.3. The van der Waals surface area contributed by atoms with Crippen LogP contribution in [0.3, 0.4) is 0 Å². The maximum atomic E-state index is 11.6. The molecule has 7 heteroatoms. The molecule has 162 valence electrons. The summed E-state index contributed by atoms with van der Waals surface area (Å²) in [4.78, 5) is 15.7. The van der Waals surface area contributed by atoms with Gasteiger partial charge in [0.15, 0.2) is 0 Å². The van der Waals surface area contributed by atoms with Gasteiger partial charge < -0.3 is 19.9 Å². The lowest BCUT2D eigenvalue weighted by Gasteiger charge is -2.17. The van der Waals surface area contributed by atoms with Crippen molar-refractivity contribution in [2.75, 3.05) is 19.5 Å². The maximum Gasteiger partial charge on any atom is 0.308 e. The van der Waals surface area contributed by atoms with E-state index in [0.29, 0.717) is 29.8 Å². The van der Waals surface area contributed by atoms with Gasteiger partial charge in [0.1, 0.15) is 18.2 Å². The van der Waals surface area contributed by atoms with E-state index in [1.54, 1.807) is 12.3 Å². The second kappa shape index (κ2) is 10.8. The molecule has 2 aromatic carbocycles. The Kier molecular flexibility index (Phi) is 7.87. The van der Waals surface area contributed by atoms with Gasteiger partial charge in [0.05, 0.1) is 19.6 Å². The summed E-state index contributed by atoms with van der Waals surface area (Å²) in [5.41, 5.74) is 9.29. The molecule has 0 amide bonds. The molecule has 0 radical (unpaired) electrons. The third-order valence-electron chi connectivity index (χ3n) is 4.73. The number of nitrogens with zero attached hydrogens (tertiary/aromatic N) is 1. The molecule has 0 saturated carbocycles. The lowest BCUT2D eigenvalue weighted by atomic mass is 10.0. The highest BCUT2D eigenvalue weighted by Crippen LogP contribution is 2.29. The smallest absolute Gasteiger partial charge is 0.308 e. The zero-order chi connectivity index (χ0) is 22.2. The van der Waals surface area contributed by atoms with Gasteiger partial charge in [-0.25, -0.2) is 4.98 Å². The fourth-order valence-electron chi connectivity index (χ4n) is 3.10. The van der Waals surface area contributed by atoms with Crippen LogP contribution in [-0.4, -0.2) is 24.7 Å². The number of benzene rings is 2. The fourth-order valence-corrected chi connectivity index (χ4v) is 3.33. The van der Waals surface area contributed by atoms with E-state index in [2.05, 4.69) is 4.98 Å². The van der Waals surface area contributed by atoms with E-state index in [-0.39, 0.29) is 18.5 Å². The first kappa shape index (κ1) is 22.6. The molecule has 0 aliphatic carbocycles. The highest BCUT2D eigenvalue weighted by molar-refractivity contribution is 6.33. The van der Waals surface area contributed by atoms with Gasteiger partial charge in [-0.3, -0.25) is 4.79 Å². The monoisotopic (exact) mass is 440 g/mol. The van der Waals surface area contributed by atoms with Crippen molar-refractivity contribution in [3.8, 4) is 16.9 Å². The number of rotatable bonds is 9. The Bertz CT molecular complexity index is 1010. The van der Waals surface area contributed by atoms with Gasteiger partial charge in [-0.05, 0) is 54.4 Å². The number of carbonyl (C=O) groups is 1. The number of aromatic nitrogens is 1. The number of ether oxygens (including phenoxy) is 3. The summed E-state index contributed by atoms with van der Waals surface area (Å²) in [6, 6.07) is 16.9. The highest BCUT2D eigenvalue weighted by Gasteiger charge is 2.17. The van der Waals surface area contributed by atoms with Crippen molar-refractivity contribution in [1.29, 1.82) is 0 Å². The Morgan fingerprint density at radius 3 is 2.55 bits per heavy atom. The second-order valence-electron chi connectivity index (χ2n) is 6.87. The van der Waals surface area contributed by atoms with E-state index in [0.717, 1.165) is 22.3 Å². The molecule has 0 saturated heterocycles. The van der Waals surface area contributed by atoms with Gasteiger partial charge in [-0.15, -0.1) is 0 Å². The molecule has 0 aliphatic rings. The Balaban J connectivity index is 1.68. The molecule has 6 nitrogen and oxygen atoms in total. The minimum Gasteiger partial charge on any atom is -0.489 e. The standard InChI is InChI=1S/C24H25ClN2O4/c1-3-30-22(13-24(28)29-2)17-5-8-19(9-6-17)31-15-16-4-10-21(25)20(12-16)18-7-11-23(26)27-14-18/h4-12,14,22H,3,13,15H2,1-2H3,(H2,26,27)/t22-/m0/s1. The number of hydrogen-bond acceptors (Lipinski definition) is 6. The summed E-state index contributed by atoms with van der Waals surface area (Å²) >= 11 is 6.36. The molecule has 3 rings (SSSR count). The third-order valence-corrected chi connectivity index (χ3v) is 5.06. The molecular weight excluding hydrogens is 416 g/mol. The molecular formula is C24H25ClN2O4. The van der Waals surface area contributed by atoms with E-state index < -0.39 is 0 Å². The van der Waals surface area contributed by atoms with Gasteiger partial charge in [0.2, 0.25) is 0 Å². The fraction of sp³-hybridized carbons (Fsp3) is 0.250. The van der Waals surface area contributed by atoms with Gasteiger partial charge in [-0.2, -0.15) is 0 Å². The summed E-state index contributed by atoms with van der Waals surface area (Å²) in [5.74, 6) is 0.859. The topological polar surface area (TPSA) is 83.7 Å². The molecule has 0 spiro atoms. The SMILES string of the molecule is CCO[C@@H](CC(=O)OC)c1ccc(OCc2ccc(Cl)c(-c3ccc(N)nc3)c2)cc1. The Hall–Kier alpha value is -3.09. The molecule has 1 heterocycles. The Morgan fingerprint density at radius 2 is 1.90 bits per heavy atom. The van der Waals surface area contributed by atoms with E-state index in [1.165, 1.54) is 7.11 Å². The maximum absolute atomic E-state index is 11.6. The van der Waals surface area contributed by atoms with E-state index >= 15 is 0 Å². The van der Waals surface area contributed by atoms with Crippen molar-refractivity contribution in [3.63, 3.8) is 0 Å². The Labute approximate surface area is 186 Å². The molecule has 3 aromatic rings. The predicted molar refractivity (Wildman–Crippen MR) is 121 cm³/mol. The molecule has 1 aromatic heterocycles. The lowest BCUT2D eigenvalue weighted by molar-refractivity contribution is -0.143. The van der Waals surface area contributed by atoms with Crippen LogP contribution in [-0.2, 0) is 20.9 Å². The number of hydrogen-bond donors (Lipinski definition) is 1. The molecule has 0 unspecified atom stereocenters. The third kappa shape index (κ3) is 6.20. The van der Waals surface area contributed by atoms with Gasteiger partial charge in [0.25, 0.3) is 0 Å². The predicted octanol–water partition coefficient (Wildman–Crippen LogP) is 5.20. The number of halogens is 1. The van der Waals surface area contributed by atoms with E-state index in [1.807, 2.05) is 55.5 Å². The van der Waals surface area contributed by atoms with Crippen molar-refractivity contribution >= 4 is 23.4 Å². The number of anilines is 1. The second-order valence-corrected chi connectivity index (χ2v) is 7.28. The van der Waals surface area contributed by atoms with Crippen molar-refractivity contribution in [3.05, 3.63) is 76.9 Å². The van der Waals surface area contributed by atoms with Crippen molar-refractivity contribution in [1.82, 2.24) is 4.98 Å². The average Bonchev–Trinajstić information content (AvgIpc) is 2.79. The minimum absolute atomic E-state index is 0.165. The van der Waals surface area contributed by atoms with Crippen LogP contribution >= 0.6 is 11.6 Å². The molecule has 1 atom stereocenters. The molecule has 0 bridgehead atoms. The summed E-state index contributed by atoms with van der Waals surface area (Å²) in [6.07, 6.45) is 1.51. The van der Waals surface area contributed by atoms with Crippen LogP contribution in [0.5, 0.6) is 5.75 Å². The van der Waals surface area contributed by atoms with Crippen LogP contribution in [0.2, 0.25) is 5.02 Å². The number of nitrogens with two attached hydrogens (primary N) is 1. The number of nitrogen functional groups attached to an aromatic ring is 1. The highest BCUT2D eigenvalue weighted by atomic mass is 35.5. The van der Waals surface area contributed by atoms with Crippen LogP contribution in [0.4, 0.5) is 5.82 Å². The van der Waals surface area contributed by atoms with E-state index in [4.69, 9.17) is 31.5 Å². The van der Waals surface area contributed by atoms with Crippen LogP contribution in [0, 0.1) is 0 Å². The summed E-state index contributed by atoms with van der Waals surface area (Å²) in [6.45, 7) is 2.77. The number of carbonyl (C=O) groups excluding carboxylic acids is 1. The van der Waals surface area contributed by atoms with Crippen LogP contribution < -0.4 is 10.5 Å². The summed E-state index contributed by atoms with van der Waals surface area (Å²) in [7, 11) is 1.37. The van der Waals surface area contributed by atoms with Gasteiger partial charge in [0, 0.05) is 29.0 Å². The number of methoxy groups -OCH3 is 1. The zero-order valence-electron chi connectivity index (χ0n) is 17.5. The van der Waals surface area contributed by atoms with Crippen molar-refractivity contribution < 1.29 is 19.0 Å². The Morgan fingerprint density at radius 1 is 1.13 bits per heavy atom. The zero-order valence-corrected chi connectivity index (χ0v) is 18.3. The van der Waals surface area contributed by atoms with Gasteiger partial charge in [-0.1, -0.05) is 29.8 Å². The van der Waals surface area contributed by atoms with Crippen molar-refractivity contribution in [2.45, 2.75) is 26.1 Å². The molecule has 31 heavy (non-hydrogen) atoms. The van der Waals surface area contributed by atoms with Crippen LogP contribution in [0.1, 0.15) is 30.6 Å². The van der Waals surface area contributed by atoms with E-state index in [9.17, 15) is 4.79 Å². The quantitative estimate of drug-likeness (QED) is 0.460. The number of pyridine rings is 1. The molecule has 0 fully saturated rings. The first-order valence-electron chi connectivity index (χ1n) is 9.91. The summed E-state index contributed by atoms with van der Waals surface area (Å²) < 4.78 is 16.4. The minimum atomic E-state index is -0.348. The first-order chi connectivity index (χ1) is 15.0. The molecule has 2 N–H and O–H groups in total. The van der Waals surface area contributed by atoms with Crippen molar-refractivity contribution in [2.24, 2.45) is 0 Å².